The van der Waals surface area contributed by atoms with Crippen LogP contribution in [0.1, 0.15) is 34.5 Å². The molecule has 0 radical (unpaired) electrons. The number of nitrogens with one attached hydrogen (secondary N) is 2. The lowest BCUT2D eigenvalue weighted by molar-refractivity contribution is -0.274. The van der Waals surface area contributed by atoms with E-state index >= 15 is 0 Å². The third-order valence-corrected chi connectivity index (χ3v) is 3.89. The molecular formula is C18H15F3N2O4. The maximum absolute atomic E-state index is 12.3. The van der Waals surface area contributed by atoms with Gasteiger partial charge in [-0.05, 0) is 36.2 Å². The van der Waals surface area contributed by atoms with E-state index in [4.69, 9.17) is 4.74 Å². The quantitative estimate of drug-likeness (QED) is 0.836. The lowest BCUT2D eigenvalue weighted by atomic mass is 10.0. The zero-order valence-electron chi connectivity index (χ0n) is 14.1. The number of hydrogen-bond donors (Lipinski definition) is 2. The van der Waals surface area contributed by atoms with Gasteiger partial charge in [0, 0.05) is 23.9 Å². The third-order valence-electron chi connectivity index (χ3n) is 3.89. The molecule has 0 bridgehead atoms. The summed E-state index contributed by atoms with van der Waals surface area (Å²) in [6.07, 6.45) is -6.34. The molecule has 2 aromatic carbocycles. The van der Waals surface area contributed by atoms with Crippen molar-refractivity contribution in [2.45, 2.75) is 25.9 Å². The van der Waals surface area contributed by atoms with Crippen molar-refractivity contribution >= 4 is 17.7 Å². The van der Waals surface area contributed by atoms with Gasteiger partial charge in [0.25, 0.3) is 5.91 Å². The van der Waals surface area contributed by atoms with Crippen molar-refractivity contribution in [3.05, 3.63) is 59.2 Å². The molecule has 0 aliphatic carbocycles. The van der Waals surface area contributed by atoms with Crippen LogP contribution < -0.4 is 15.4 Å². The first-order valence-corrected chi connectivity index (χ1v) is 7.96. The highest BCUT2D eigenvalue weighted by atomic mass is 19.4. The fourth-order valence-electron chi connectivity index (χ4n) is 2.63. The standard InChI is InChI=1S/C18H15F3N2O4/c1-10(11-5-6-12-9-22-16(24)15(12)7-11)26-17(25)23-13-3-2-4-14(8-13)27-18(19,20)21/h2-8,10H,9H2,1H3,(H,22,24)(H,23,25). The highest BCUT2D eigenvalue weighted by Crippen LogP contribution is 2.26. The highest BCUT2D eigenvalue weighted by molar-refractivity contribution is 5.98. The van der Waals surface area contributed by atoms with Crippen LogP contribution >= 0.6 is 0 Å². The van der Waals surface area contributed by atoms with Crippen molar-refractivity contribution in [2.24, 2.45) is 0 Å². The molecule has 3 rings (SSSR count). The average Bonchev–Trinajstić information content (AvgIpc) is 2.94. The van der Waals surface area contributed by atoms with E-state index in [0.717, 1.165) is 17.7 Å². The smallest absolute Gasteiger partial charge is 0.441 e. The summed E-state index contributed by atoms with van der Waals surface area (Å²) < 4.78 is 45.8. The Hall–Kier alpha value is -3.23. The number of benzene rings is 2. The largest absolute Gasteiger partial charge is 0.573 e. The molecule has 1 atom stereocenters. The lowest BCUT2D eigenvalue weighted by Crippen LogP contribution is -2.18. The molecule has 0 spiro atoms. The van der Waals surface area contributed by atoms with Crippen molar-refractivity contribution in [1.29, 1.82) is 0 Å². The molecule has 2 aromatic rings. The monoisotopic (exact) mass is 380 g/mol. The predicted octanol–water partition coefficient (Wildman–Crippen LogP) is 4.14. The van der Waals surface area contributed by atoms with Crippen LogP contribution in [0.2, 0.25) is 0 Å². The predicted molar refractivity (Wildman–Crippen MR) is 89.3 cm³/mol. The number of alkyl halides is 3. The van der Waals surface area contributed by atoms with Gasteiger partial charge < -0.3 is 14.8 Å². The van der Waals surface area contributed by atoms with E-state index in [0.29, 0.717) is 17.7 Å². The second-order valence-electron chi connectivity index (χ2n) is 5.85. The molecule has 0 saturated heterocycles. The van der Waals surface area contributed by atoms with E-state index in [1.807, 2.05) is 0 Å². The molecule has 9 heteroatoms. The van der Waals surface area contributed by atoms with Gasteiger partial charge in [0.05, 0.1) is 0 Å². The van der Waals surface area contributed by atoms with Gasteiger partial charge in [0.15, 0.2) is 0 Å². The molecule has 2 amide bonds. The fourth-order valence-corrected chi connectivity index (χ4v) is 2.63. The summed E-state index contributed by atoms with van der Waals surface area (Å²) in [4.78, 5) is 23.7. The minimum atomic E-state index is -4.83. The molecule has 1 heterocycles. The van der Waals surface area contributed by atoms with E-state index in [9.17, 15) is 22.8 Å². The Morgan fingerprint density at radius 3 is 2.74 bits per heavy atom. The number of hydrogen-bond acceptors (Lipinski definition) is 4. The molecule has 1 aliphatic heterocycles. The second-order valence-corrected chi connectivity index (χ2v) is 5.85. The third kappa shape index (κ3) is 4.69. The fraction of sp³-hybridized carbons (Fsp3) is 0.222. The summed E-state index contributed by atoms with van der Waals surface area (Å²) in [6, 6.07) is 10.0. The Bertz CT molecular complexity index is 883. The van der Waals surface area contributed by atoms with Gasteiger partial charge in [-0.2, -0.15) is 0 Å². The van der Waals surface area contributed by atoms with E-state index in [1.165, 1.54) is 12.1 Å². The number of anilines is 1. The van der Waals surface area contributed by atoms with Crippen molar-refractivity contribution in [1.82, 2.24) is 5.32 Å². The van der Waals surface area contributed by atoms with Crippen LogP contribution in [0.15, 0.2) is 42.5 Å². The Balaban J connectivity index is 1.63. The van der Waals surface area contributed by atoms with E-state index in [-0.39, 0.29) is 11.6 Å². The first-order valence-electron chi connectivity index (χ1n) is 7.96. The second kappa shape index (κ2) is 7.18. The van der Waals surface area contributed by atoms with Gasteiger partial charge in [-0.25, -0.2) is 4.79 Å². The maximum atomic E-state index is 12.3. The Labute approximate surface area is 152 Å². The summed E-state index contributed by atoms with van der Waals surface area (Å²) >= 11 is 0. The Kier molecular flexibility index (Phi) is 4.93. The number of fused-ring (bicyclic) bond motifs is 1. The molecule has 1 aliphatic rings. The number of carbonyl (C=O) groups is 2. The van der Waals surface area contributed by atoms with E-state index in [2.05, 4.69) is 15.4 Å². The summed E-state index contributed by atoms with van der Waals surface area (Å²) in [5.74, 6) is -0.650. The summed E-state index contributed by atoms with van der Waals surface area (Å²) in [7, 11) is 0. The van der Waals surface area contributed by atoms with Crippen LogP contribution in [0.5, 0.6) is 5.75 Å². The minimum absolute atomic E-state index is 0.0854. The Morgan fingerprint density at radius 2 is 2.00 bits per heavy atom. The first-order chi connectivity index (χ1) is 12.7. The molecule has 2 N–H and O–H groups in total. The van der Waals surface area contributed by atoms with Crippen molar-refractivity contribution in [3.63, 3.8) is 0 Å². The normalized spacial score (nSPS) is 14.1. The number of halogens is 3. The maximum Gasteiger partial charge on any atom is 0.573 e. The van der Waals surface area contributed by atoms with Crippen LogP contribution in [0.25, 0.3) is 0 Å². The molecule has 6 nitrogen and oxygen atoms in total. The molecular weight excluding hydrogens is 365 g/mol. The summed E-state index contributed by atoms with van der Waals surface area (Å²) in [5.41, 5.74) is 2.10. The number of rotatable bonds is 4. The van der Waals surface area contributed by atoms with Crippen molar-refractivity contribution in [2.75, 3.05) is 5.32 Å². The van der Waals surface area contributed by atoms with Gasteiger partial charge in [0.1, 0.15) is 11.9 Å². The number of carbonyl (C=O) groups excluding carboxylic acids is 2. The van der Waals surface area contributed by atoms with Crippen LogP contribution in [-0.2, 0) is 11.3 Å². The van der Waals surface area contributed by atoms with Gasteiger partial charge in [-0.15, -0.1) is 13.2 Å². The van der Waals surface area contributed by atoms with Crippen LogP contribution in [0, 0.1) is 0 Å². The summed E-state index contributed by atoms with van der Waals surface area (Å²) in [6.45, 7) is 2.08. The lowest BCUT2D eigenvalue weighted by Gasteiger charge is -2.15. The van der Waals surface area contributed by atoms with Gasteiger partial charge in [-0.3, -0.25) is 10.1 Å². The van der Waals surface area contributed by atoms with Gasteiger partial charge in [-0.1, -0.05) is 18.2 Å². The molecule has 27 heavy (non-hydrogen) atoms. The van der Waals surface area contributed by atoms with Gasteiger partial charge >= 0.3 is 12.5 Å². The van der Waals surface area contributed by atoms with E-state index < -0.39 is 24.3 Å². The highest BCUT2D eigenvalue weighted by Gasteiger charge is 2.31. The topological polar surface area (TPSA) is 76.7 Å². The average molecular weight is 380 g/mol. The van der Waals surface area contributed by atoms with Crippen molar-refractivity contribution < 1.29 is 32.2 Å². The Morgan fingerprint density at radius 1 is 1.22 bits per heavy atom. The van der Waals surface area contributed by atoms with Crippen LogP contribution in [-0.4, -0.2) is 18.4 Å². The first kappa shape index (κ1) is 18.6. The van der Waals surface area contributed by atoms with Crippen LogP contribution in [0.3, 0.4) is 0 Å². The molecule has 142 valence electrons. The van der Waals surface area contributed by atoms with Crippen LogP contribution in [0.4, 0.5) is 23.7 Å². The summed E-state index contributed by atoms with van der Waals surface area (Å²) in [5, 5.41) is 5.04. The molecule has 0 saturated carbocycles. The molecule has 0 aromatic heterocycles. The zero-order chi connectivity index (χ0) is 19.6. The van der Waals surface area contributed by atoms with Gasteiger partial charge in [0.2, 0.25) is 0 Å². The SMILES string of the molecule is CC(OC(=O)Nc1cccc(OC(F)(F)F)c1)c1ccc2c(c1)C(=O)NC2. The molecule has 0 fully saturated rings. The minimum Gasteiger partial charge on any atom is -0.441 e. The zero-order valence-corrected chi connectivity index (χ0v) is 14.1. The number of ether oxygens (including phenoxy) is 2. The molecule has 1 unspecified atom stereocenters. The number of amides is 2. The van der Waals surface area contributed by atoms with E-state index in [1.54, 1.807) is 25.1 Å². The van der Waals surface area contributed by atoms with Crippen molar-refractivity contribution in [3.8, 4) is 5.75 Å².